The predicted octanol–water partition coefficient (Wildman–Crippen LogP) is 0.715. The molecule has 2 aromatic rings. The highest BCUT2D eigenvalue weighted by Gasteiger charge is 2.11. The van der Waals surface area contributed by atoms with E-state index in [2.05, 4.69) is 10.2 Å². The summed E-state index contributed by atoms with van der Waals surface area (Å²) in [4.78, 5) is 23.4. The molecule has 0 atom stereocenters. The summed E-state index contributed by atoms with van der Waals surface area (Å²) in [5.41, 5.74) is 4.56. The molecule has 0 saturated heterocycles. The van der Waals surface area contributed by atoms with Crippen molar-refractivity contribution in [1.29, 1.82) is 0 Å². The van der Waals surface area contributed by atoms with Gasteiger partial charge in [-0.2, -0.15) is 10.2 Å². The van der Waals surface area contributed by atoms with Gasteiger partial charge in [-0.25, -0.2) is 10.9 Å². The Morgan fingerprint density at radius 3 is 1.57 bits per heavy atom. The Balaban J connectivity index is 1.92. The second-order valence-corrected chi connectivity index (χ2v) is 5.25. The van der Waals surface area contributed by atoms with Crippen molar-refractivity contribution in [2.24, 2.45) is 10.2 Å². The second-order valence-electron chi connectivity index (χ2n) is 5.25. The van der Waals surface area contributed by atoms with Crippen molar-refractivity contribution in [3.05, 3.63) is 47.5 Å². The fourth-order valence-electron chi connectivity index (χ4n) is 1.95. The summed E-state index contributed by atoms with van der Waals surface area (Å²) in [5.74, 6) is -1.34. The van der Waals surface area contributed by atoms with E-state index in [1.165, 1.54) is 38.5 Å². The number of ether oxygens (including phenoxy) is 2. The Hall–Kier alpha value is -4.08. The molecular weight excluding hydrogens is 368 g/mol. The number of phenolic OH excluding ortho intramolecular Hbond substituents is 2. The fraction of sp³-hybridized carbons (Fsp3) is 0.111. The van der Waals surface area contributed by atoms with Gasteiger partial charge in [0.05, 0.1) is 26.6 Å². The first-order chi connectivity index (χ1) is 13.4. The SMILES string of the molecule is COc1ccc(O)c(/C=N/NC(=O)C(=O)N/N=C/c2cc(OC)ccc2O)c1. The van der Waals surface area contributed by atoms with Crippen LogP contribution in [0.4, 0.5) is 0 Å². The second kappa shape index (κ2) is 9.57. The zero-order valence-corrected chi connectivity index (χ0v) is 15.0. The van der Waals surface area contributed by atoms with Crippen molar-refractivity contribution in [1.82, 2.24) is 10.9 Å². The normalized spacial score (nSPS) is 10.8. The highest BCUT2D eigenvalue weighted by Crippen LogP contribution is 2.21. The van der Waals surface area contributed by atoms with Crippen LogP contribution in [0, 0.1) is 0 Å². The van der Waals surface area contributed by atoms with Crippen LogP contribution in [0.1, 0.15) is 11.1 Å². The number of nitrogens with one attached hydrogen (secondary N) is 2. The van der Waals surface area contributed by atoms with Crippen molar-refractivity contribution >= 4 is 24.2 Å². The van der Waals surface area contributed by atoms with Gasteiger partial charge in [0, 0.05) is 11.1 Å². The van der Waals surface area contributed by atoms with E-state index in [0.29, 0.717) is 11.5 Å². The molecule has 4 N–H and O–H groups in total. The maximum absolute atomic E-state index is 11.7. The molecule has 0 bridgehead atoms. The maximum atomic E-state index is 11.7. The molecule has 10 nitrogen and oxygen atoms in total. The first-order valence-electron chi connectivity index (χ1n) is 7.85. The number of hydrogen-bond donors (Lipinski definition) is 4. The summed E-state index contributed by atoms with van der Waals surface area (Å²) in [5, 5.41) is 26.6. The van der Waals surface area contributed by atoms with Crippen LogP contribution in [0.25, 0.3) is 0 Å². The molecule has 2 amide bonds. The average Bonchev–Trinajstić information content (AvgIpc) is 2.70. The van der Waals surface area contributed by atoms with E-state index < -0.39 is 11.8 Å². The van der Waals surface area contributed by atoms with Crippen LogP contribution in [0.2, 0.25) is 0 Å². The summed E-state index contributed by atoms with van der Waals surface area (Å²) in [6.45, 7) is 0. The van der Waals surface area contributed by atoms with Gasteiger partial charge in [0.15, 0.2) is 0 Å². The fourth-order valence-corrected chi connectivity index (χ4v) is 1.95. The lowest BCUT2D eigenvalue weighted by Crippen LogP contribution is -2.35. The number of hydrazone groups is 2. The summed E-state index contributed by atoms with van der Waals surface area (Å²) < 4.78 is 10.0. The Morgan fingerprint density at radius 1 is 0.821 bits per heavy atom. The first-order valence-corrected chi connectivity index (χ1v) is 7.85. The van der Waals surface area contributed by atoms with Gasteiger partial charge in [-0.3, -0.25) is 9.59 Å². The van der Waals surface area contributed by atoms with E-state index in [0.717, 1.165) is 12.4 Å². The number of carbonyl (C=O) groups excluding carboxylic acids is 2. The Labute approximate surface area is 160 Å². The molecule has 10 heteroatoms. The van der Waals surface area contributed by atoms with Gasteiger partial charge < -0.3 is 19.7 Å². The van der Waals surface area contributed by atoms with E-state index >= 15 is 0 Å². The largest absolute Gasteiger partial charge is 0.507 e. The summed E-state index contributed by atoms with van der Waals surface area (Å²) in [6.07, 6.45) is 2.31. The van der Waals surface area contributed by atoms with E-state index in [4.69, 9.17) is 9.47 Å². The number of rotatable bonds is 6. The highest BCUT2D eigenvalue weighted by atomic mass is 16.5. The third-order valence-corrected chi connectivity index (χ3v) is 3.42. The number of amides is 2. The molecule has 0 aromatic heterocycles. The number of phenols is 2. The van der Waals surface area contributed by atoms with Gasteiger partial charge >= 0.3 is 11.8 Å². The molecule has 0 aliphatic heterocycles. The monoisotopic (exact) mass is 386 g/mol. The number of nitrogens with zero attached hydrogens (tertiary/aromatic N) is 2. The molecular formula is C18H18N4O6. The molecule has 0 aliphatic rings. The van der Waals surface area contributed by atoms with Gasteiger partial charge in [-0.1, -0.05) is 0 Å². The maximum Gasteiger partial charge on any atom is 0.331 e. The van der Waals surface area contributed by atoms with Crippen molar-refractivity contribution in [2.75, 3.05) is 14.2 Å². The third kappa shape index (κ3) is 5.46. The minimum Gasteiger partial charge on any atom is -0.507 e. The molecule has 0 spiro atoms. The van der Waals surface area contributed by atoms with Crippen LogP contribution in [-0.2, 0) is 9.59 Å². The molecule has 0 saturated carbocycles. The number of aromatic hydroxyl groups is 2. The van der Waals surface area contributed by atoms with Crippen LogP contribution in [0.15, 0.2) is 46.6 Å². The lowest BCUT2D eigenvalue weighted by atomic mass is 10.2. The lowest BCUT2D eigenvalue weighted by Gasteiger charge is -2.03. The zero-order valence-electron chi connectivity index (χ0n) is 15.0. The van der Waals surface area contributed by atoms with Gasteiger partial charge in [0.1, 0.15) is 23.0 Å². The third-order valence-electron chi connectivity index (χ3n) is 3.42. The molecule has 0 radical (unpaired) electrons. The number of methoxy groups -OCH3 is 2. The van der Waals surface area contributed by atoms with E-state index in [1.54, 1.807) is 12.1 Å². The van der Waals surface area contributed by atoms with Crippen LogP contribution >= 0.6 is 0 Å². The average molecular weight is 386 g/mol. The number of benzene rings is 2. The molecule has 0 heterocycles. The van der Waals surface area contributed by atoms with E-state index in [9.17, 15) is 19.8 Å². The van der Waals surface area contributed by atoms with Crippen molar-refractivity contribution in [3.8, 4) is 23.0 Å². The summed E-state index contributed by atoms with van der Waals surface area (Å²) >= 11 is 0. The summed E-state index contributed by atoms with van der Waals surface area (Å²) in [6, 6.07) is 8.90. The van der Waals surface area contributed by atoms with Gasteiger partial charge in [-0.05, 0) is 36.4 Å². The van der Waals surface area contributed by atoms with Gasteiger partial charge in [0.2, 0.25) is 0 Å². The predicted molar refractivity (Wildman–Crippen MR) is 101 cm³/mol. The van der Waals surface area contributed by atoms with Crippen molar-refractivity contribution in [2.45, 2.75) is 0 Å². The standard InChI is InChI=1S/C18H18N4O6/c1-27-13-3-5-15(23)11(7-13)9-19-21-17(25)18(26)22-20-10-12-8-14(28-2)4-6-16(12)24/h3-10,23-24H,1-2H3,(H,21,25)(H,22,26)/b19-9+,20-10+. The van der Waals surface area contributed by atoms with Gasteiger partial charge in [0.25, 0.3) is 0 Å². The Morgan fingerprint density at radius 2 is 1.21 bits per heavy atom. The lowest BCUT2D eigenvalue weighted by molar-refractivity contribution is -0.139. The van der Waals surface area contributed by atoms with Crippen LogP contribution < -0.4 is 20.3 Å². The van der Waals surface area contributed by atoms with E-state index in [1.807, 2.05) is 10.9 Å². The molecule has 146 valence electrons. The molecule has 0 unspecified atom stereocenters. The Kier molecular flexibility index (Phi) is 6.92. The molecule has 2 rings (SSSR count). The van der Waals surface area contributed by atoms with Crippen LogP contribution in [0.5, 0.6) is 23.0 Å². The quantitative estimate of drug-likeness (QED) is 0.327. The van der Waals surface area contributed by atoms with E-state index in [-0.39, 0.29) is 22.6 Å². The summed E-state index contributed by atoms with van der Waals surface area (Å²) in [7, 11) is 2.93. The number of carbonyl (C=O) groups is 2. The highest BCUT2D eigenvalue weighted by molar-refractivity contribution is 6.35. The number of hydrogen-bond acceptors (Lipinski definition) is 8. The molecule has 0 fully saturated rings. The topological polar surface area (TPSA) is 142 Å². The van der Waals surface area contributed by atoms with Crippen molar-refractivity contribution < 1.29 is 29.3 Å². The smallest absolute Gasteiger partial charge is 0.331 e. The molecule has 28 heavy (non-hydrogen) atoms. The molecule has 0 aliphatic carbocycles. The zero-order chi connectivity index (χ0) is 20.5. The van der Waals surface area contributed by atoms with Gasteiger partial charge in [-0.15, -0.1) is 0 Å². The molecule has 2 aromatic carbocycles. The minimum atomic E-state index is -1.08. The van der Waals surface area contributed by atoms with Crippen LogP contribution in [-0.4, -0.2) is 48.7 Å². The first kappa shape index (κ1) is 20.2. The Bertz CT molecular complexity index is 851. The minimum absolute atomic E-state index is 0.0778. The van der Waals surface area contributed by atoms with Crippen LogP contribution in [0.3, 0.4) is 0 Å². The van der Waals surface area contributed by atoms with Crippen molar-refractivity contribution in [3.63, 3.8) is 0 Å².